The molecule has 0 saturated carbocycles. The molecule has 0 saturated heterocycles. The fourth-order valence-corrected chi connectivity index (χ4v) is 1.19. The van der Waals surface area contributed by atoms with Gasteiger partial charge in [-0.25, -0.2) is 4.98 Å². The zero-order valence-electron chi connectivity index (χ0n) is 9.54. The highest BCUT2D eigenvalue weighted by Gasteiger charge is 2.11. The first-order chi connectivity index (χ1) is 6.92. The van der Waals surface area contributed by atoms with Crippen LogP contribution in [0.1, 0.15) is 32.0 Å². The molecule has 0 radical (unpaired) electrons. The summed E-state index contributed by atoms with van der Waals surface area (Å²) in [5.41, 5.74) is 7.26. The van der Waals surface area contributed by atoms with E-state index in [9.17, 15) is 0 Å². The van der Waals surface area contributed by atoms with Gasteiger partial charge in [0.1, 0.15) is 5.82 Å². The molecule has 4 nitrogen and oxygen atoms in total. The number of rotatable bonds is 3. The fraction of sp³-hybridized carbons (Fsp3) is 0.545. The lowest BCUT2D eigenvalue weighted by atomic mass is 10.1. The number of aromatic nitrogens is 1. The van der Waals surface area contributed by atoms with Gasteiger partial charge in [-0.1, -0.05) is 6.07 Å². The van der Waals surface area contributed by atoms with E-state index < -0.39 is 0 Å². The van der Waals surface area contributed by atoms with E-state index in [0.29, 0.717) is 12.4 Å². The number of nitrogens with one attached hydrogen (secondary N) is 1. The zero-order valence-corrected chi connectivity index (χ0v) is 9.54. The summed E-state index contributed by atoms with van der Waals surface area (Å²) in [6.07, 6.45) is 0. The molecule has 1 aromatic heterocycles. The minimum atomic E-state index is -0.00552. The second-order valence-electron chi connectivity index (χ2n) is 4.60. The topological polar surface area (TPSA) is 71.2 Å². The molecule has 0 amide bonds. The first-order valence-electron chi connectivity index (χ1n) is 5.02. The van der Waals surface area contributed by atoms with Gasteiger partial charge in [-0.15, -0.1) is 0 Å². The van der Waals surface area contributed by atoms with E-state index >= 15 is 0 Å². The number of anilines is 1. The molecular formula is C11H19N3O. The average molecular weight is 209 g/mol. The molecule has 0 aromatic carbocycles. The quantitative estimate of drug-likeness (QED) is 0.695. The van der Waals surface area contributed by atoms with Crippen LogP contribution >= 0.6 is 0 Å². The van der Waals surface area contributed by atoms with E-state index in [1.165, 1.54) is 0 Å². The number of nitrogens with zero attached hydrogens (tertiary/aromatic N) is 1. The van der Waals surface area contributed by atoms with Crippen molar-refractivity contribution in [3.05, 3.63) is 23.4 Å². The Kier molecular flexibility index (Phi) is 3.66. The van der Waals surface area contributed by atoms with Gasteiger partial charge in [0.05, 0.1) is 12.3 Å². The van der Waals surface area contributed by atoms with E-state index in [1.54, 1.807) is 6.07 Å². The van der Waals surface area contributed by atoms with Crippen LogP contribution in [0, 0.1) is 0 Å². The summed E-state index contributed by atoms with van der Waals surface area (Å²) in [5, 5.41) is 12.4. The predicted molar refractivity (Wildman–Crippen MR) is 61.2 cm³/mol. The molecule has 1 heterocycles. The maximum Gasteiger partial charge on any atom is 0.123 e. The molecule has 0 aliphatic rings. The van der Waals surface area contributed by atoms with Crippen LogP contribution in [-0.4, -0.2) is 15.6 Å². The first kappa shape index (κ1) is 11.9. The van der Waals surface area contributed by atoms with Gasteiger partial charge >= 0.3 is 0 Å². The lowest BCUT2D eigenvalue weighted by Crippen LogP contribution is -2.35. The van der Waals surface area contributed by atoms with E-state index in [-0.39, 0.29) is 12.1 Å². The maximum atomic E-state index is 9.13. The van der Waals surface area contributed by atoms with Crippen LogP contribution in [0.5, 0.6) is 0 Å². The van der Waals surface area contributed by atoms with E-state index in [0.717, 1.165) is 11.3 Å². The molecule has 1 aromatic rings. The van der Waals surface area contributed by atoms with Crippen LogP contribution < -0.4 is 11.1 Å². The third-order valence-electron chi connectivity index (χ3n) is 2.05. The summed E-state index contributed by atoms with van der Waals surface area (Å²) < 4.78 is 0. The number of aliphatic hydroxyl groups excluding tert-OH is 1. The Labute approximate surface area is 90.5 Å². The van der Waals surface area contributed by atoms with Crippen LogP contribution in [0.3, 0.4) is 0 Å². The molecule has 0 aliphatic heterocycles. The van der Waals surface area contributed by atoms with Gasteiger partial charge in [-0.2, -0.15) is 0 Å². The first-order valence-corrected chi connectivity index (χ1v) is 5.02. The van der Waals surface area contributed by atoms with E-state index in [4.69, 9.17) is 10.8 Å². The van der Waals surface area contributed by atoms with Crippen molar-refractivity contribution in [1.29, 1.82) is 0 Å². The van der Waals surface area contributed by atoms with Crippen LogP contribution in [0.4, 0.5) is 5.82 Å². The molecule has 4 heteroatoms. The molecule has 0 unspecified atom stereocenters. The highest BCUT2D eigenvalue weighted by molar-refractivity contribution is 5.33. The van der Waals surface area contributed by atoms with Crippen molar-refractivity contribution in [3.8, 4) is 0 Å². The Morgan fingerprint density at radius 3 is 2.60 bits per heavy atom. The van der Waals surface area contributed by atoms with Gasteiger partial charge in [0.2, 0.25) is 0 Å². The van der Waals surface area contributed by atoms with Crippen molar-refractivity contribution in [3.63, 3.8) is 0 Å². The van der Waals surface area contributed by atoms with Crippen molar-refractivity contribution in [1.82, 2.24) is 10.3 Å². The lowest BCUT2D eigenvalue weighted by molar-refractivity contribution is 0.279. The van der Waals surface area contributed by atoms with Crippen LogP contribution in [0.15, 0.2) is 12.1 Å². The van der Waals surface area contributed by atoms with Crippen LogP contribution in [0.2, 0.25) is 0 Å². The van der Waals surface area contributed by atoms with Gasteiger partial charge in [0, 0.05) is 17.6 Å². The molecule has 84 valence electrons. The predicted octanol–water partition coefficient (Wildman–Crippen LogP) is 1.04. The largest absolute Gasteiger partial charge is 0.392 e. The molecule has 0 fully saturated rings. The summed E-state index contributed by atoms with van der Waals surface area (Å²) in [7, 11) is 0. The summed E-state index contributed by atoms with van der Waals surface area (Å²) >= 11 is 0. The second kappa shape index (κ2) is 4.59. The summed E-state index contributed by atoms with van der Waals surface area (Å²) in [6.45, 7) is 6.85. The number of pyridine rings is 1. The molecular weight excluding hydrogens is 190 g/mol. The van der Waals surface area contributed by atoms with Crippen molar-refractivity contribution >= 4 is 5.82 Å². The lowest BCUT2D eigenvalue weighted by Gasteiger charge is -2.21. The van der Waals surface area contributed by atoms with Crippen molar-refractivity contribution in [2.45, 2.75) is 39.5 Å². The molecule has 0 spiro atoms. The Morgan fingerprint density at radius 2 is 2.07 bits per heavy atom. The fourth-order valence-electron chi connectivity index (χ4n) is 1.19. The molecule has 1 rings (SSSR count). The molecule has 4 N–H and O–H groups in total. The Hall–Kier alpha value is -1.13. The third-order valence-corrected chi connectivity index (χ3v) is 2.05. The second-order valence-corrected chi connectivity index (χ2v) is 4.60. The van der Waals surface area contributed by atoms with Crippen LogP contribution in [-0.2, 0) is 13.2 Å². The summed E-state index contributed by atoms with van der Waals surface area (Å²) in [5.74, 6) is 0.484. The van der Waals surface area contributed by atoms with Gasteiger partial charge in [0.25, 0.3) is 0 Å². The van der Waals surface area contributed by atoms with Gasteiger partial charge in [0.15, 0.2) is 0 Å². The Balaban J connectivity index is 2.79. The number of aliphatic hydroxyl groups is 1. The molecule has 0 atom stereocenters. The normalized spacial score (nSPS) is 11.7. The molecule has 0 bridgehead atoms. The number of hydrogen-bond donors (Lipinski definition) is 3. The SMILES string of the molecule is CC(C)(C)NCc1nc(N)ccc1CO. The van der Waals surface area contributed by atoms with Gasteiger partial charge < -0.3 is 16.2 Å². The number of hydrogen-bond acceptors (Lipinski definition) is 4. The monoisotopic (exact) mass is 209 g/mol. The number of nitrogens with two attached hydrogens (primary N) is 1. The summed E-state index contributed by atoms with van der Waals surface area (Å²) in [6, 6.07) is 3.51. The van der Waals surface area contributed by atoms with E-state index in [2.05, 4.69) is 31.1 Å². The highest BCUT2D eigenvalue weighted by atomic mass is 16.3. The minimum absolute atomic E-state index is 0.00552. The van der Waals surface area contributed by atoms with Gasteiger partial charge in [-0.05, 0) is 26.8 Å². The Bertz CT molecular complexity index is 331. The van der Waals surface area contributed by atoms with Gasteiger partial charge in [-0.3, -0.25) is 0 Å². The number of nitrogen functional groups attached to an aromatic ring is 1. The molecule has 0 aliphatic carbocycles. The minimum Gasteiger partial charge on any atom is -0.392 e. The van der Waals surface area contributed by atoms with Crippen LogP contribution in [0.25, 0.3) is 0 Å². The van der Waals surface area contributed by atoms with E-state index in [1.807, 2.05) is 6.07 Å². The standard InChI is InChI=1S/C11H19N3O/c1-11(2,3)13-6-9-8(7-15)4-5-10(12)14-9/h4-5,13,15H,6-7H2,1-3H3,(H2,12,14). The van der Waals surface area contributed by atoms with Crippen molar-refractivity contribution in [2.24, 2.45) is 0 Å². The smallest absolute Gasteiger partial charge is 0.123 e. The summed E-state index contributed by atoms with van der Waals surface area (Å²) in [4.78, 5) is 4.20. The van der Waals surface area contributed by atoms with Crippen molar-refractivity contribution in [2.75, 3.05) is 5.73 Å². The maximum absolute atomic E-state index is 9.13. The highest BCUT2D eigenvalue weighted by Crippen LogP contribution is 2.10. The molecule has 15 heavy (non-hydrogen) atoms. The zero-order chi connectivity index (χ0) is 11.5. The Morgan fingerprint density at radius 1 is 1.40 bits per heavy atom. The third kappa shape index (κ3) is 3.85. The van der Waals surface area contributed by atoms with Crippen molar-refractivity contribution < 1.29 is 5.11 Å². The average Bonchev–Trinajstić information content (AvgIpc) is 2.14.